The maximum atomic E-state index is 5.66. The lowest BCUT2D eigenvalue weighted by Crippen LogP contribution is -2.39. The summed E-state index contributed by atoms with van der Waals surface area (Å²) in [6, 6.07) is 0.700. The summed E-state index contributed by atoms with van der Waals surface area (Å²) in [6.45, 7) is 3.10. The van der Waals surface area contributed by atoms with E-state index in [1.165, 1.54) is 30.7 Å². The van der Waals surface area contributed by atoms with Gasteiger partial charge in [0.1, 0.15) is 0 Å². The van der Waals surface area contributed by atoms with Crippen molar-refractivity contribution in [2.75, 3.05) is 13.1 Å². The Morgan fingerprint density at radius 1 is 1.50 bits per heavy atom. The molecule has 16 heavy (non-hydrogen) atoms. The van der Waals surface area contributed by atoms with Crippen molar-refractivity contribution in [1.82, 2.24) is 9.88 Å². The molecule has 1 saturated heterocycles. The Morgan fingerprint density at radius 2 is 2.38 bits per heavy atom. The summed E-state index contributed by atoms with van der Waals surface area (Å²) >= 11 is 1.75. The molecule has 1 aliphatic heterocycles. The van der Waals surface area contributed by atoms with E-state index in [4.69, 9.17) is 5.73 Å². The first-order valence-corrected chi connectivity index (χ1v) is 6.59. The maximum absolute atomic E-state index is 5.66. The second kappa shape index (κ2) is 7.22. The molecule has 1 aromatic rings. The molecule has 1 unspecified atom stereocenters. The molecule has 1 aromatic heterocycles. The van der Waals surface area contributed by atoms with Crippen LogP contribution >= 0.6 is 23.7 Å². The van der Waals surface area contributed by atoms with Crippen LogP contribution in [-0.2, 0) is 6.54 Å². The highest BCUT2D eigenvalue weighted by Crippen LogP contribution is 2.22. The molecule has 5 heteroatoms. The fraction of sp³-hybridized carbons (Fsp3) is 0.727. The largest absolute Gasteiger partial charge is 0.330 e. The molecule has 0 saturated carbocycles. The van der Waals surface area contributed by atoms with Gasteiger partial charge in [-0.2, -0.15) is 0 Å². The van der Waals surface area contributed by atoms with E-state index in [0.29, 0.717) is 6.04 Å². The Hall–Kier alpha value is -0.160. The van der Waals surface area contributed by atoms with Crippen LogP contribution in [0.1, 0.15) is 30.6 Å². The molecule has 0 bridgehead atoms. The van der Waals surface area contributed by atoms with Gasteiger partial charge in [0.15, 0.2) is 0 Å². The summed E-state index contributed by atoms with van der Waals surface area (Å²) < 4.78 is 0. The van der Waals surface area contributed by atoms with E-state index in [1.807, 2.05) is 11.7 Å². The Bertz CT molecular complexity index is 277. The van der Waals surface area contributed by atoms with Crippen molar-refractivity contribution in [3.8, 4) is 0 Å². The van der Waals surface area contributed by atoms with Crippen LogP contribution in [-0.4, -0.2) is 29.0 Å². The van der Waals surface area contributed by atoms with Crippen LogP contribution in [0.2, 0.25) is 0 Å². The number of halogens is 1. The Morgan fingerprint density at radius 3 is 3.06 bits per heavy atom. The minimum Gasteiger partial charge on any atom is -0.330 e. The molecule has 2 heterocycles. The van der Waals surface area contributed by atoms with Crippen molar-refractivity contribution in [2.24, 2.45) is 5.73 Å². The first-order chi connectivity index (χ1) is 7.40. The number of nitrogens with two attached hydrogens (primary N) is 1. The summed E-state index contributed by atoms with van der Waals surface area (Å²) in [6.07, 6.45) is 7.14. The van der Waals surface area contributed by atoms with Crippen LogP contribution in [0.15, 0.2) is 11.7 Å². The van der Waals surface area contributed by atoms with Gasteiger partial charge in [0.2, 0.25) is 0 Å². The molecule has 0 aromatic carbocycles. The summed E-state index contributed by atoms with van der Waals surface area (Å²) in [5.74, 6) is 0. The minimum atomic E-state index is 0. The summed E-state index contributed by atoms with van der Waals surface area (Å²) in [7, 11) is 0. The number of thiazole rings is 1. The average molecular weight is 262 g/mol. The number of likely N-dealkylation sites (tertiary alicyclic amines) is 1. The molecule has 0 spiro atoms. The minimum absolute atomic E-state index is 0. The second-order valence-electron chi connectivity index (χ2n) is 4.17. The fourth-order valence-corrected chi connectivity index (χ4v) is 2.93. The molecule has 3 nitrogen and oxygen atoms in total. The molecule has 0 aliphatic carbocycles. The number of piperidine rings is 1. The van der Waals surface area contributed by atoms with Crippen LogP contribution in [0.4, 0.5) is 0 Å². The zero-order valence-electron chi connectivity index (χ0n) is 9.47. The summed E-state index contributed by atoms with van der Waals surface area (Å²) in [4.78, 5) is 8.07. The van der Waals surface area contributed by atoms with Gasteiger partial charge < -0.3 is 5.73 Å². The lowest BCUT2D eigenvalue weighted by molar-refractivity contribution is 0.135. The molecule has 0 amide bonds. The average Bonchev–Trinajstić information content (AvgIpc) is 2.74. The lowest BCUT2D eigenvalue weighted by atomic mass is 9.99. The maximum Gasteiger partial charge on any atom is 0.0794 e. The highest BCUT2D eigenvalue weighted by atomic mass is 35.5. The SMILES string of the molecule is Cl.NCCC1CCCCN1Cc1cncs1. The van der Waals surface area contributed by atoms with Crippen LogP contribution < -0.4 is 5.73 Å². The van der Waals surface area contributed by atoms with Crippen LogP contribution in [0.5, 0.6) is 0 Å². The van der Waals surface area contributed by atoms with Gasteiger partial charge in [-0.1, -0.05) is 6.42 Å². The number of hydrogen-bond acceptors (Lipinski definition) is 4. The zero-order valence-corrected chi connectivity index (χ0v) is 11.1. The van der Waals surface area contributed by atoms with Gasteiger partial charge in [-0.05, 0) is 32.4 Å². The fourth-order valence-electron chi connectivity index (χ4n) is 2.31. The molecule has 1 atom stereocenters. The normalized spacial score (nSPS) is 21.7. The smallest absolute Gasteiger partial charge is 0.0794 e. The van der Waals surface area contributed by atoms with E-state index in [0.717, 1.165) is 19.5 Å². The summed E-state index contributed by atoms with van der Waals surface area (Å²) in [5.41, 5.74) is 7.57. The third kappa shape index (κ3) is 3.70. The van der Waals surface area contributed by atoms with Gasteiger partial charge in [0.25, 0.3) is 0 Å². The van der Waals surface area contributed by atoms with E-state index < -0.39 is 0 Å². The Balaban J connectivity index is 0.00000128. The molecular weight excluding hydrogens is 242 g/mol. The van der Waals surface area contributed by atoms with Gasteiger partial charge in [-0.15, -0.1) is 23.7 Å². The molecule has 2 rings (SSSR count). The second-order valence-corrected chi connectivity index (χ2v) is 5.14. The van der Waals surface area contributed by atoms with Crippen LogP contribution in [0.25, 0.3) is 0 Å². The van der Waals surface area contributed by atoms with E-state index in [1.54, 1.807) is 11.3 Å². The van der Waals surface area contributed by atoms with Crippen molar-refractivity contribution in [3.63, 3.8) is 0 Å². The van der Waals surface area contributed by atoms with Crippen molar-refractivity contribution < 1.29 is 0 Å². The highest BCUT2D eigenvalue weighted by molar-refractivity contribution is 7.09. The predicted molar refractivity (Wildman–Crippen MR) is 71.1 cm³/mol. The highest BCUT2D eigenvalue weighted by Gasteiger charge is 2.21. The topological polar surface area (TPSA) is 42.1 Å². The van der Waals surface area contributed by atoms with Crippen LogP contribution in [0.3, 0.4) is 0 Å². The molecular formula is C11H20ClN3S. The number of nitrogens with zero attached hydrogens (tertiary/aromatic N) is 2. The molecule has 1 fully saturated rings. The van der Waals surface area contributed by atoms with Gasteiger partial charge in [-0.3, -0.25) is 9.88 Å². The van der Waals surface area contributed by atoms with E-state index in [-0.39, 0.29) is 12.4 Å². The summed E-state index contributed by atoms with van der Waals surface area (Å²) in [5, 5.41) is 0. The van der Waals surface area contributed by atoms with E-state index >= 15 is 0 Å². The van der Waals surface area contributed by atoms with Crippen molar-refractivity contribution >= 4 is 23.7 Å². The van der Waals surface area contributed by atoms with Crippen molar-refractivity contribution in [2.45, 2.75) is 38.3 Å². The van der Waals surface area contributed by atoms with E-state index in [9.17, 15) is 0 Å². The van der Waals surface area contributed by atoms with Gasteiger partial charge in [-0.25, -0.2) is 0 Å². The standard InChI is InChI=1S/C11H19N3S.ClH/c12-5-4-10-3-1-2-6-14(10)8-11-7-13-9-15-11;/h7,9-10H,1-6,8,12H2;1H. The quantitative estimate of drug-likeness (QED) is 0.904. The number of aromatic nitrogens is 1. The van der Waals surface area contributed by atoms with Crippen LogP contribution in [0, 0.1) is 0 Å². The zero-order chi connectivity index (χ0) is 10.5. The van der Waals surface area contributed by atoms with Gasteiger partial charge in [0.05, 0.1) is 5.51 Å². The third-order valence-corrected chi connectivity index (χ3v) is 3.86. The predicted octanol–water partition coefficient (Wildman–Crippen LogP) is 2.27. The molecule has 0 radical (unpaired) electrons. The first-order valence-electron chi connectivity index (χ1n) is 5.71. The molecule has 2 N–H and O–H groups in total. The van der Waals surface area contributed by atoms with Crippen molar-refractivity contribution in [3.05, 3.63) is 16.6 Å². The molecule has 92 valence electrons. The third-order valence-electron chi connectivity index (χ3n) is 3.09. The van der Waals surface area contributed by atoms with Crippen molar-refractivity contribution in [1.29, 1.82) is 0 Å². The molecule has 1 aliphatic rings. The Labute approximate surface area is 107 Å². The van der Waals surface area contributed by atoms with Gasteiger partial charge in [0, 0.05) is 23.7 Å². The number of hydrogen-bond donors (Lipinski definition) is 1. The number of rotatable bonds is 4. The first kappa shape index (κ1) is 13.9. The monoisotopic (exact) mass is 261 g/mol. The lowest BCUT2D eigenvalue weighted by Gasteiger charge is -2.35. The van der Waals surface area contributed by atoms with Gasteiger partial charge >= 0.3 is 0 Å². The van der Waals surface area contributed by atoms with E-state index in [2.05, 4.69) is 9.88 Å². The Kier molecular flexibility index (Phi) is 6.28.